The standard InChI is InChI=1S/C16H14N2O3/c17-12-14-8-9-15(18(19)20)16(11-14)21-10-4-7-13-5-2-1-3-6-13/h1-3,5-6,8-9,11H,10,12,17H2. The predicted octanol–water partition coefficient (Wildman–Crippen LogP) is 2.48. The fourth-order valence-corrected chi connectivity index (χ4v) is 1.73. The third-order valence-corrected chi connectivity index (χ3v) is 2.76. The smallest absolute Gasteiger partial charge is 0.310 e. The Morgan fingerprint density at radius 1 is 1.19 bits per heavy atom. The van der Waals surface area contributed by atoms with Gasteiger partial charge < -0.3 is 10.5 Å². The van der Waals surface area contributed by atoms with Crippen LogP contribution in [-0.2, 0) is 6.54 Å². The van der Waals surface area contributed by atoms with Crippen molar-refractivity contribution in [3.63, 3.8) is 0 Å². The Balaban J connectivity index is 2.09. The molecule has 0 aliphatic rings. The lowest BCUT2D eigenvalue weighted by atomic mass is 10.2. The molecule has 2 rings (SSSR count). The van der Waals surface area contributed by atoms with Crippen LogP contribution in [0.4, 0.5) is 5.69 Å². The highest BCUT2D eigenvalue weighted by Crippen LogP contribution is 2.27. The van der Waals surface area contributed by atoms with Gasteiger partial charge in [0.2, 0.25) is 0 Å². The summed E-state index contributed by atoms with van der Waals surface area (Å²) in [4.78, 5) is 10.4. The largest absolute Gasteiger partial charge is 0.474 e. The first-order chi connectivity index (χ1) is 10.2. The minimum Gasteiger partial charge on any atom is -0.474 e. The zero-order chi connectivity index (χ0) is 15.1. The van der Waals surface area contributed by atoms with E-state index >= 15 is 0 Å². The van der Waals surface area contributed by atoms with Crippen molar-refractivity contribution in [3.05, 3.63) is 69.8 Å². The average molecular weight is 282 g/mol. The van der Waals surface area contributed by atoms with Crippen LogP contribution >= 0.6 is 0 Å². The van der Waals surface area contributed by atoms with E-state index < -0.39 is 4.92 Å². The van der Waals surface area contributed by atoms with Crippen molar-refractivity contribution in [3.8, 4) is 17.6 Å². The van der Waals surface area contributed by atoms with Gasteiger partial charge in [-0.1, -0.05) is 36.1 Å². The van der Waals surface area contributed by atoms with Crippen LogP contribution in [0.1, 0.15) is 11.1 Å². The summed E-state index contributed by atoms with van der Waals surface area (Å²) in [5.41, 5.74) is 7.07. The molecule has 0 aliphatic heterocycles. The first-order valence-electron chi connectivity index (χ1n) is 6.35. The molecule has 0 spiro atoms. The Bertz CT molecular complexity index is 688. The number of hydrogen-bond donors (Lipinski definition) is 1. The van der Waals surface area contributed by atoms with Crippen LogP contribution in [0, 0.1) is 22.0 Å². The van der Waals surface area contributed by atoms with E-state index in [1.54, 1.807) is 12.1 Å². The molecule has 106 valence electrons. The number of rotatable bonds is 4. The molecule has 5 nitrogen and oxygen atoms in total. The Morgan fingerprint density at radius 2 is 1.95 bits per heavy atom. The summed E-state index contributed by atoms with van der Waals surface area (Å²) in [7, 11) is 0. The maximum absolute atomic E-state index is 10.9. The average Bonchev–Trinajstić information content (AvgIpc) is 2.52. The minimum absolute atomic E-state index is 0.0732. The van der Waals surface area contributed by atoms with Crippen LogP contribution in [0.15, 0.2) is 48.5 Å². The number of nitro groups is 1. The number of nitrogens with zero attached hydrogens (tertiary/aromatic N) is 1. The van der Waals surface area contributed by atoms with Gasteiger partial charge in [-0.15, -0.1) is 0 Å². The second-order valence-corrected chi connectivity index (χ2v) is 4.22. The highest BCUT2D eigenvalue weighted by Gasteiger charge is 2.14. The molecular weight excluding hydrogens is 268 g/mol. The normalized spacial score (nSPS) is 9.57. The lowest BCUT2D eigenvalue weighted by Gasteiger charge is -2.05. The fourth-order valence-electron chi connectivity index (χ4n) is 1.73. The summed E-state index contributed by atoms with van der Waals surface area (Å²) in [5, 5.41) is 10.9. The number of ether oxygens (including phenoxy) is 1. The molecule has 2 N–H and O–H groups in total. The minimum atomic E-state index is -0.486. The van der Waals surface area contributed by atoms with Gasteiger partial charge in [-0.2, -0.15) is 0 Å². The van der Waals surface area contributed by atoms with Crippen LogP contribution in [0.3, 0.4) is 0 Å². The van der Waals surface area contributed by atoms with Crippen LogP contribution in [0.25, 0.3) is 0 Å². The molecule has 0 fully saturated rings. The molecule has 0 heterocycles. The van der Waals surface area contributed by atoms with Gasteiger partial charge in [-0.3, -0.25) is 10.1 Å². The second kappa shape index (κ2) is 7.08. The van der Waals surface area contributed by atoms with Crippen molar-refractivity contribution < 1.29 is 9.66 Å². The van der Waals surface area contributed by atoms with Crippen molar-refractivity contribution in [2.45, 2.75) is 6.54 Å². The van der Waals surface area contributed by atoms with Crippen LogP contribution in [0.2, 0.25) is 0 Å². The first kappa shape index (κ1) is 14.6. The Labute approximate surface area is 122 Å². The molecule has 2 aromatic rings. The highest BCUT2D eigenvalue weighted by atomic mass is 16.6. The molecule has 0 bridgehead atoms. The van der Waals surface area contributed by atoms with Gasteiger partial charge >= 0.3 is 5.69 Å². The van der Waals surface area contributed by atoms with E-state index in [2.05, 4.69) is 11.8 Å². The van der Waals surface area contributed by atoms with Gasteiger partial charge in [0, 0.05) is 18.2 Å². The number of nitrogens with two attached hydrogens (primary N) is 1. The molecule has 0 atom stereocenters. The molecule has 0 aliphatic carbocycles. The summed E-state index contributed by atoms with van der Waals surface area (Å²) in [6, 6.07) is 14.0. The van der Waals surface area contributed by atoms with Gasteiger partial charge in [0.15, 0.2) is 5.75 Å². The van der Waals surface area contributed by atoms with Crippen molar-refractivity contribution in [2.24, 2.45) is 5.73 Å². The monoisotopic (exact) mass is 282 g/mol. The Kier molecular flexibility index (Phi) is 4.91. The lowest BCUT2D eigenvalue weighted by molar-refractivity contribution is -0.385. The topological polar surface area (TPSA) is 78.4 Å². The van der Waals surface area contributed by atoms with Crippen molar-refractivity contribution in [1.82, 2.24) is 0 Å². The molecule has 0 unspecified atom stereocenters. The van der Waals surface area contributed by atoms with Gasteiger partial charge in [0.25, 0.3) is 0 Å². The van der Waals surface area contributed by atoms with Crippen LogP contribution < -0.4 is 10.5 Å². The lowest BCUT2D eigenvalue weighted by Crippen LogP contribution is -2.02. The van der Waals surface area contributed by atoms with E-state index in [1.165, 1.54) is 6.07 Å². The van der Waals surface area contributed by atoms with Crippen molar-refractivity contribution >= 4 is 5.69 Å². The molecule has 0 radical (unpaired) electrons. The van der Waals surface area contributed by atoms with Crippen molar-refractivity contribution in [2.75, 3.05) is 6.61 Å². The van der Waals surface area contributed by atoms with Gasteiger partial charge in [-0.05, 0) is 23.8 Å². The molecule has 0 amide bonds. The number of nitro benzene ring substituents is 1. The Morgan fingerprint density at radius 3 is 2.62 bits per heavy atom. The molecule has 2 aromatic carbocycles. The second-order valence-electron chi connectivity index (χ2n) is 4.22. The highest BCUT2D eigenvalue weighted by molar-refractivity contribution is 5.48. The summed E-state index contributed by atoms with van der Waals surface area (Å²) in [6.07, 6.45) is 0. The van der Waals surface area contributed by atoms with Gasteiger partial charge in [0.1, 0.15) is 6.61 Å². The summed E-state index contributed by atoms with van der Waals surface area (Å²) in [6.45, 7) is 0.369. The predicted molar refractivity (Wildman–Crippen MR) is 79.8 cm³/mol. The maximum Gasteiger partial charge on any atom is 0.310 e. The third kappa shape index (κ3) is 4.06. The third-order valence-electron chi connectivity index (χ3n) is 2.76. The van der Waals surface area contributed by atoms with Crippen LogP contribution in [-0.4, -0.2) is 11.5 Å². The van der Waals surface area contributed by atoms with E-state index in [0.29, 0.717) is 6.54 Å². The zero-order valence-electron chi connectivity index (χ0n) is 11.3. The zero-order valence-corrected chi connectivity index (χ0v) is 11.3. The van der Waals surface area contributed by atoms with E-state index in [0.717, 1.165) is 11.1 Å². The summed E-state index contributed by atoms with van der Waals surface area (Å²) in [5.74, 6) is 5.94. The molecule has 0 saturated heterocycles. The molecule has 5 heteroatoms. The maximum atomic E-state index is 10.9. The number of hydrogen-bond acceptors (Lipinski definition) is 4. The number of benzene rings is 2. The molecule has 0 aromatic heterocycles. The van der Waals surface area contributed by atoms with Gasteiger partial charge in [0.05, 0.1) is 4.92 Å². The fraction of sp³-hybridized carbons (Fsp3) is 0.125. The Hall–Kier alpha value is -2.84. The summed E-state index contributed by atoms with van der Waals surface area (Å²) < 4.78 is 5.39. The van der Waals surface area contributed by atoms with E-state index in [1.807, 2.05) is 30.3 Å². The first-order valence-corrected chi connectivity index (χ1v) is 6.35. The molecular formula is C16H14N2O3. The van der Waals surface area contributed by atoms with E-state index in [9.17, 15) is 10.1 Å². The summed E-state index contributed by atoms with van der Waals surface area (Å²) >= 11 is 0. The van der Waals surface area contributed by atoms with Crippen LogP contribution in [0.5, 0.6) is 5.75 Å². The quantitative estimate of drug-likeness (QED) is 0.531. The molecule has 21 heavy (non-hydrogen) atoms. The SMILES string of the molecule is NCc1ccc([N+](=O)[O-])c(OCC#Cc2ccccc2)c1. The van der Waals surface area contributed by atoms with Gasteiger partial charge in [-0.25, -0.2) is 0 Å². The van der Waals surface area contributed by atoms with E-state index in [-0.39, 0.29) is 18.0 Å². The van der Waals surface area contributed by atoms with E-state index in [4.69, 9.17) is 10.5 Å². The van der Waals surface area contributed by atoms with Crippen molar-refractivity contribution in [1.29, 1.82) is 0 Å². The molecule has 0 saturated carbocycles.